The van der Waals surface area contributed by atoms with Crippen molar-refractivity contribution in [1.29, 1.82) is 0 Å². The molecule has 0 aliphatic carbocycles. The zero-order chi connectivity index (χ0) is 17.3. The van der Waals surface area contributed by atoms with E-state index in [1.807, 2.05) is 18.2 Å². The normalized spacial score (nSPS) is 17.2. The maximum Gasteiger partial charge on any atom is 0.191 e. The van der Waals surface area contributed by atoms with Crippen molar-refractivity contribution in [2.24, 2.45) is 10.4 Å². The van der Waals surface area contributed by atoms with Crippen LogP contribution in [0.2, 0.25) is 0 Å². The highest BCUT2D eigenvalue weighted by Crippen LogP contribution is 2.26. The fraction of sp³-hybridized carbons (Fsp3) is 0.632. The molecule has 5 nitrogen and oxygen atoms in total. The molecule has 2 N–H and O–H groups in total. The number of rotatable bonds is 9. The Morgan fingerprint density at radius 1 is 1.28 bits per heavy atom. The third-order valence-electron chi connectivity index (χ3n) is 4.11. The molecule has 0 bridgehead atoms. The second-order valence-electron chi connectivity index (χ2n) is 6.70. The highest BCUT2D eigenvalue weighted by atomic mass is 127. The number of hydrogen-bond acceptors (Lipinski definition) is 3. The van der Waals surface area contributed by atoms with Gasteiger partial charge in [0.15, 0.2) is 5.96 Å². The number of benzene rings is 1. The lowest BCUT2D eigenvalue weighted by molar-refractivity contribution is -0.0945. The Kier molecular flexibility index (Phi) is 10.4. The van der Waals surface area contributed by atoms with Crippen molar-refractivity contribution in [2.75, 3.05) is 39.5 Å². The zero-order valence-electron chi connectivity index (χ0n) is 15.6. The van der Waals surface area contributed by atoms with Crippen molar-refractivity contribution in [3.05, 3.63) is 35.9 Å². The second-order valence-corrected chi connectivity index (χ2v) is 6.70. The number of nitrogens with one attached hydrogen (secondary N) is 2. The Balaban J connectivity index is 0.00000312. The Hall–Kier alpha value is -0.860. The van der Waals surface area contributed by atoms with Crippen LogP contribution in [0, 0.1) is 5.41 Å². The molecule has 1 atom stereocenters. The lowest BCUT2D eigenvalue weighted by Gasteiger charge is -2.36. The van der Waals surface area contributed by atoms with Crippen LogP contribution in [0.15, 0.2) is 35.3 Å². The molecule has 2 rings (SSSR count). The van der Waals surface area contributed by atoms with Gasteiger partial charge in [-0.2, -0.15) is 0 Å². The highest BCUT2D eigenvalue weighted by molar-refractivity contribution is 14.0. The van der Waals surface area contributed by atoms with Gasteiger partial charge < -0.3 is 20.1 Å². The fourth-order valence-corrected chi connectivity index (χ4v) is 2.51. The van der Waals surface area contributed by atoms with Crippen molar-refractivity contribution < 1.29 is 9.47 Å². The van der Waals surface area contributed by atoms with Crippen molar-refractivity contribution in [3.63, 3.8) is 0 Å². The Morgan fingerprint density at radius 3 is 2.60 bits per heavy atom. The summed E-state index contributed by atoms with van der Waals surface area (Å²) < 4.78 is 11.2. The number of guanidine groups is 1. The van der Waals surface area contributed by atoms with Crippen LogP contribution in [-0.4, -0.2) is 45.4 Å². The summed E-state index contributed by atoms with van der Waals surface area (Å²) in [5.41, 5.74) is 1.42. The molecule has 142 valence electrons. The topological polar surface area (TPSA) is 54.9 Å². The first kappa shape index (κ1) is 22.2. The largest absolute Gasteiger partial charge is 0.380 e. The molecule has 1 aliphatic heterocycles. The summed E-state index contributed by atoms with van der Waals surface area (Å²) in [4.78, 5) is 4.66. The van der Waals surface area contributed by atoms with E-state index < -0.39 is 0 Å². The molecule has 1 unspecified atom stereocenters. The van der Waals surface area contributed by atoms with E-state index in [1.54, 1.807) is 0 Å². The molecule has 1 saturated heterocycles. The summed E-state index contributed by atoms with van der Waals surface area (Å²) in [6, 6.07) is 10.3. The molecular weight excluding hydrogens is 429 g/mol. The molecule has 0 amide bonds. The number of halogens is 1. The van der Waals surface area contributed by atoms with Gasteiger partial charge in [-0.3, -0.25) is 4.99 Å². The monoisotopic (exact) mass is 461 g/mol. The fourth-order valence-electron chi connectivity index (χ4n) is 2.51. The summed E-state index contributed by atoms with van der Waals surface area (Å²) in [6.45, 7) is 11.2. The van der Waals surface area contributed by atoms with Gasteiger partial charge in [0.2, 0.25) is 0 Å². The van der Waals surface area contributed by atoms with Gasteiger partial charge in [0.25, 0.3) is 0 Å². The first-order valence-corrected chi connectivity index (χ1v) is 8.89. The lowest BCUT2D eigenvalue weighted by Crippen LogP contribution is -2.44. The maximum absolute atomic E-state index is 5.89. The predicted molar refractivity (Wildman–Crippen MR) is 114 cm³/mol. The summed E-state index contributed by atoms with van der Waals surface area (Å²) in [6.07, 6.45) is 1.08. The summed E-state index contributed by atoms with van der Waals surface area (Å²) in [5, 5.41) is 6.66. The molecule has 1 fully saturated rings. The van der Waals surface area contributed by atoms with Crippen LogP contribution in [0.1, 0.15) is 38.9 Å². The van der Waals surface area contributed by atoms with Crippen LogP contribution < -0.4 is 10.6 Å². The number of nitrogens with zero attached hydrogens (tertiary/aromatic N) is 1. The standard InChI is InChI=1S/C19H31N3O2.HI/c1-4-20-18(22-13-19(3)14-23-15-19)21-11-8-12-24-16(2)17-9-6-5-7-10-17;/h5-7,9-10,16H,4,8,11-15H2,1-3H3,(H2,20,21,22);1H. The van der Waals surface area contributed by atoms with Gasteiger partial charge in [0.1, 0.15) is 0 Å². The molecule has 0 spiro atoms. The molecular formula is C19H32IN3O2. The van der Waals surface area contributed by atoms with Gasteiger partial charge in [0.05, 0.1) is 25.9 Å². The quantitative estimate of drug-likeness (QED) is 0.256. The number of aliphatic imine (C=N–C) groups is 1. The predicted octanol–water partition coefficient (Wildman–Crippen LogP) is 3.36. The van der Waals surface area contributed by atoms with Crippen LogP contribution in [0.5, 0.6) is 0 Å². The van der Waals surface area contributed by atoms with E-state index in [-0.39, 0.29) is 35.5 Å². The first-order valence-electron chi connectivity index (χ1n) is 8.89. The number of hydrogen-bond donors (Lipinski definition) is 2. The van der Waals surface area contributed by atoms with Crippen molar-refractivity contribution in [3.8, 4) is 0 Å². The molecule has 1 aliphatic rings. The Bertz CT molecular complexity index is 507. The van der Waals surface area contributed by atoms with E-state index in [1.165, 1.54) is 5.56 Å². The Labute approximate surface area is 169 Å². The molecule has 25 heavy (non-hydrogen) atoms. The van der Waals surface area contributed by atoms with Crippen LogP contribution in [0.4, 0.5) is 0 Å². The minimum atomic E-state index is 0. The van der Waals surface area contributed by atoms with E-state index in [2.05, 4.69) is 48.5 Å². The van der Waals surface area contributed by atoms with Crippen molar-refractivity contribution >= 4 is 29.9 Å². The van der Waals surface area contributed by atoms with E-state index in [0.717, 1.165) is 51.8 Å². The van der Waals surface area contributed by atoms with E-state index >= 15 is 0 Å². The second kappa shape index (κ2) is 11.7. The summed E-state index contributed by atoms with van der Waals surface area (Å²) in [7, 11) is 0. The highest BCUT2D eigenvalue weighted by Gasteiger charge is 2.33. The maximum atomic E-state index is 5.89. The Morgan fingerprint density at radius 2 is 2.00 bits per heavy atom. The van der Waals surface area contributed by atoms with E-state index in [0.29, 0.717) is 0 Å². The molecule has 1 aromatic carbocycles. The van der Waals surface area contributed by atoms with Gasteiger partial charge in [-0.15, -0.1) is 24.0 Å². The van der Waals surface area contributed by atoms with Crippen molar-refractivity contribution in [2.45, 2.75) is 33.3 Å². The molecule has 0 saturated carbocycles. The zero-order valence-corrected chi connectivity index (χ0v) is 17.9. The molecule has 0 aromatic heterocycles. The van der Waals surface area contributed by atoms with Crippen LogP contribution in [-0.2, 0) is 9.47 Å². The molecule has 6 heteroatoms. The first-order chi connectivity index (χ1) is 11.6. The SMILES string of the molecule is CCNC(=NCC1(C)COC1)NCCCOC(C)c1ccccc1.I. The van der Waals surface area contributed by atoms with Crippen LogP contribution in [0.25, 0.3) is 0 Å². The van der Waals surface area contributed by atoms with Crippen LogP contribution >= 0.6 is 24.0 Å². The van der Waals surface area contributed by atoms with Crippen LogP contribution in [0.3, 0.4) is 0 Å². The van der Waals surface area contributed by atoms with Crippen molar-refractivity contribution in [1.82, 2.24) is 10.6 Å². The molecule has 1 heterocycles. The summed E-state index contributed by atoms with van der Waals surface area (Å²) >= 11 is 0. The van der Waals surface area contributed by atoms with Gasteiger partial charge in [0, 0.05) is 25.1 Å². The van der Waals surface area contributed by atoms with Gasteiger partial charge in [-0.05, 0) is 25.8 Å². The summed E-state index contributed by atoms with van der Waals surface area (Å²) in [5.74, 6) is 0.877. The third-order valence-corrected chi connectivity index (χ3v) is 4.11. The minimum Gasteiger partial charge on any atom is -0.380 e. The average molecular weight is 461 g/mol. The van der Waals surface area contributed by atoms with Gasteiger partial charge in [-0.1, -0.05) is 37.3 Å². The van der Waals surface area contributed by atoms with Gasteiger partial charge in [-0.25, -0.2) is 0 Å². The lowest BCUT2D eigenvalue weighted by atomic mass is 9.89. The minimum absolute atomic E-state index is 0. The average Bonchev–Trinajstić information content (AvgIpc) is 2.58. The smallest absolute Gasteiger partial charge is 0.191 e. The van der Waals surface area contributed by atoms with E-state index in [9.17, 15) is 0 Å². The van der Waals surface area contributed by atoms with E-state index in [4.69, 9.17) is 9.47 Å². The molecule has 1 aromatic rings. The molecule has 0 radical (unpaired) electrons. The van der Waals surface area contributed by atoms with Gasteiger partial charge >= 0.3 is 0 Å². The third kappa shape index (κ3) is 7.92. The number of ether oxygens (including phenoxy) is 2.